The number of aromatic amines is 1. The molecule has 1 fully saturated rings. The fourth-order valence-corrected chi connectivity index (χ4v) is 3.42. The largest absolute Gasteiger partial charge is 0.349 e. The molecule has 1 aliphatic rings. The molecule has 0 atom stereocenters. The Bertz CT molecular complexity index is 972. The van der Waals surface area contributed by atoms with Crippen LogP contribution in [0.5, 0.6) is 0 Å². The predicted octanol–water partition coefficient (Wildman–Crippen LogP) is 4.31. The number of aromatic nitrogens is 1. The van der Waals surface area contributed by atoms with Crippen LogP contribution in [0, 0.1) is 0 Å². The van der Waals surface area contributed by atoms with Crippen molar-refractivity contribution in [1.29, 1.82) is 0 Å². The zero-order chi connectivity index (χ0) is 18.1. The summed E-state index contributed by atoms with van der Waals surface area (Å²) in [6, 6.07) is 14.2. The first-order valence-corrected chi connectivity index (χ1v) is 8.98. The van der Waals surface area contributed by atoms with Gasteiger partial charge in [0.25, 0.3) is 11.8 Å². The number of fused-ring (bicyclic) bond motifs is 1. The zero-order valence-corrected chi connectivity index (χ0v) is 14.8. The Morgan fingerprint density at radius 1 is 1.00 bits per heavy atom. The van der Waals surface area contributed by atoms with Crippen LogP contribution >= 0.6 is 11.6 Å². The Labute approximate surface area is 155 Å². The molecule has 1 aliphatic heterocycles. The number of H-pyrrole nitrogens is 1. The molecule has 26 heavy (non-hydrogen) atoms. The minimum absolute atomic E-state index is 0.0786. The molecule has 0 unspecified atom stereocenters. The topological polar surface area (TPSA) is 65.2 Å². The number of amides is 2. The Morgan fingerprint density at radius 2 is 1.69 bits per heavy atom. The van der Waals surface area contributed by atoms with Crippen LogP contribution in [0.2, 0.25) is 5.02 Å². The van der Waals surface area contributed by atoms with Crippen molar-refractivity contribution in [2.75, 3.05) is 18.4 Å². The van der Waals surface area contributed by atoms with E-state index in [-0.39, 0.29) is 11.8 Å². The lowest BCUT2D eigenvalue weighted by Crippen LogP contribution is -2.29. The van der Waals surface area contributed by atoms with Crippen LogP contribution in [0.3, 0.4) is 0 Å². The van der Waals surface area contributed by atoms with Gasteiger partial charge in [0, 0.05) is 34.6 Å². The highest BCUT2D eigenvalue weighted by Crippen LogP contribution is 2.30. The molecule has 2 amide bonds. The van der Waals surface area contributed by atoms with Gasteiger partial charge in [-0.15, -0.1) is 0 Å². The second-order valence-electron chi connectivity index (χ2n) is 6.38. The second-order valence-corrected chi connectivity index (χ2v) is 6.82. The van der Waals surface area contributed by atoms with Gasteiger partial charge in [0.2, 0.25) is 0 Å². The number of likely N-dealkylation sites (tertiary alicyclic amines) is 1. The Balaban J connectivity index is 1.72. The lowest BCUT2D eigenvalue weighted by molar-refractivity contribution is 0.0789. The van der Waals surface area contributed by atoms with E-state index in [1.165, 1.54) is 0 Å². The number of carbonyl (C=O) groups is 2. The van der Waals surface area contributed by atoms with Crippen molar-refractivity contribution >= 4 is 40.0 Å². The molecule has 4 rings (SSSR count). The van der Waals surface area contributed by atoms with Crippen LogP contribution in [0.15, 0.2) is 48.5 Å². The summed E-state index contributed by atoms with van der Waals surface area (Å²) in [5, 5.41) is 4.30. The van der Waals surface area contributed by atoms with E-state index in [1.54, 1.807) is 24.3 Å². The summed E-state index contributed by atoms with van der Waals surface area (Å²) in [5.74, 6) is -0.355. The summed E-state index contributed by atoms with van der Waals surface area (Å²) in [7, 11) is 0. The molecular weight excluding hydrogens is 350 g/mol. The third-order valence-electron chi connectivity index (χ3n) is 4.66. The van der Waals surface area contributed by atoms with E-state index in [0.29, 0.717) is 22.0 Å². The van der Waals surface area contributed by atoms with Crippen molar-refractivity contribution < 1.29 is 9.59 Å². The quantitative estimate of drug-likeness (QED) is 0.724. The van der Waals surface area contributed by atoms with Gasteiger partial charge in [-0.3, -0.25) is 9.59 Å². The fourth-order valence-electron chi connectivity index (χ4n) is 3.30. The number of hydrogen-bond donors (Lipinski definition) is 2. The van der Waals surface area contributed by atoms with Crippen molar-refractivity contribution in [2.45, 2.75) is 12.8 Å². The van der Waals surface area contributed by atoms with Gasteiger partial charge in [0.15, 0.2) is 0 Å². The van der Waals surface area contributed by atoms with Gasteiger partial charge < -0.3 is 15.2 Å². The smallest absolute Gasteiger partial charge is 0.272 e. The van der Waals surface area contributed by atoms with Gasteiger partial charge in [-0.2, -0.15) is 0 Å². The summed E-state index contributed by atoms with van der Waals surface area (Å²) < 4.78 is 0. The minimum atomic E-state index is -0.276. The minimum Gasteiger partial charge on any atom is -0.349 e. The molecule has 2 heterocycles. The molecular formula is C20H18ClN3O2. The third-order valence-corrected chi connectivity index (χ3v) is 4.91. The molecule has 0 spiro atoms. The second kappa shape index (κ2) is 6.84. The first-order chi connectivity index (χ1) is 12.6. The van der Waals surface area contributed by atoms with Crippen LogP contribution in [0.25, 0.3) is 10.9 Å². The summed E-state index contributed by atoms with van der Waals surface area (Å²) in [6.45, 7) is 1.50. The van der Waals surface area contributed by atoms with Crippen LogP contribution in [-0.2, 0) is 0 Å². The van der Waals surface area contributed by atoms with E-state index < -0.39 is 0 Å². The van der Waals surface area contributed by atoms with Gasteiger partial charge in [-0.05, 0) is 43.2 Å². The van der Waals surface area contributed by atoms with E-state index in [2.05, 4.69) is 10.3 Å². The van der Waals surface area contributed by atoms with E-state index in [0.717, 1.165) is 36.8 Å². The highest BCUT2D eigenvalue weighted by Gasteiger charge is 2.26. The van der Waals surface area contributed by atoms with E-state index >= 15 is 0 Å². The molecule has 2 aromatic carbocycles. The van der Waals surface area contributed by atoms with Crippen molar-refractivity contribution in [3.63, 3.8) is 0 Å². The number of hydrogen-bond acceptors (Lipinski definition) is 2. The maximum absolute atomic E-state index is 12.9. The van der Waals surface area contributed by atoms with E-state index in [9.17, 15) is 9.59 Å². The molecule has 6 heteroatoms. The number of nitrogens with zero attached hydrogens (tertiary/aromatic N) is 1. The SMILES string of the molecule is O=C(Nc1c(C(=O)N2CCCC2)[nH]c2ccccc12)c1ccc(Cl)cc1. The van der Waals surface area contributed by atoms with Gasteiger partial charge in [0.1, 0.15) is 5.69 Å². The average molecular weight is 368 g/mol. The summed E-state index contributed by atoms with van der Waals surface area (Å²) in [5.41, 5.74) is 2.26. The fraction of sp³-hybridized carbons (Fsp3) is 0.200. The maximum atomic E-state index is 12.9. The van der Waals surface area contributed by atoms with Crippen molar-refractivity contribution in [2.24, 2.45) is 0 Å². The maximum Gasteiger partial charge on any atom is 0.272 e. The summed E-state index contributed by atoms with van der Waals surface area (Å²) in [4.78, 5) is 30.6. The van der Waals surface area contributed by atoms with Gasteiger partial charge in [-0.1, -0.05) is 29.8 Å². The van der Waals surface area contributed by atoms with Crippen molar-refractivity contribution in [3.05, 3.63) is 64.8 Å². The van der Waals surface area contributed by atoms with Crippen molar-refractivity contribution in [3.8, 4) is 0 Å². The molecule has 132 valence electrons. The van der Waals surface area contributed by atoms with Crippen molar-refractivity contribution in [1.82, 2.24) is 9.88 Å². The van der Waals surface area contributed by atoms with E-state index in [1.807, 2.05) is 29.2 Å². The molecule has 5 nitrogen and oxygen atoms in total. The Kier molecular flexibility index (Phi) is 4.39. The zero-order valence-electron chi connectivity index (χ0n) is 14.1. The molecule has 0 radical (unpaired) electrons. The highest BCUT2D eigenvalue weighted by atomic mass is 35.5. The van der Waals surface area contributed by atoms with E-state index in [4.69, 9.17) is 11.6 Å². The number of carbonyl (C=O) groups excluding carboxylic acids is 2. The molecule has 3 aromatic rings. The Morgan fingerprint density at radius 3 is 2.42 bits per heavy atom. The lowest BCUT2D eigenvalue weighted by Gasteiger charge is -2.15. The van der Waals surface area contributed by atoms with Crippen LogP contribution in [-0.4, -0.2) is 34.8 Å². The van der Waals surface area contributed by atoms with Gasteiger partial charge in [-0.25, -0.2) is 0 Å². The number of nitrogens with one attached hydrogen (secondary N) is 2. The highest BCUT2D eigenvalue weighted by molar-refractivity contribution is 6.30. The van der Waals surface area contributed by atoms with Crippen LogP contribution < -0.4 is 5.32 Å². The molecule has 0 saturated carbocycles. The van der Waals surface area contributed by atoms with Gasteiger partial charge in [0.05, 0.1) is 5.69 Å². The predicted molar refractivity (Wildman–Crippen MR) is 103 cm³/mol. The monoisotopic (exact) mass is 367 g/mol. The molecule has 0 aliphatic carbocycles. The van der Waals surface area contributed by atoms with Crippen LogP contribution in [0.4, 0.5) is 5.69 Å². The van der Waals surface area contributed by atoms with Crippen LogP contribution in [0.1, 0.15) is 33.7 Å². The number of halogens is 1. The summed E-state index contributed by atoms with van der Waals surface area (Å²) >= 11 is 5.89. The third kappa shape index (κ3) is 3.06. The van der Waals surface area contributed by atoms with Gasteiger partial charge >= 0.3 is 0 Å². The number of rotatable bonds is 3. The first kappa shape index (κ1) is 16.7. The molecule has 0 bridgehead atoms. The number of benzene rings is 2. The molecule has 2 N–H and O–H groups in total. The Hall–Kier alpha value is -2.79. The summed E-state index contributed by atoms with van der Waals surface area (Å²) in [6.07, 6.45) is 2.02. The average Bonchev–Trinajstić information content (AvgIpc) is 3.30. The standard InChI is InChI=1S/C20H18ClN3O2/c21-14-9-7-13(8-10-14)19(25)23-17-15-5-1-2-6-16(15)22-18(17)20(26)24-11-3-4-12-24/h1-2,5-10,22H,3-4,11-12H2,(H,23,25). The molecule has 1 saturated heterocycles. The number of para-hydroxylation sites is 1. The normalized spacial score (nSPS) is 14.0. The molecule has 1 aromatic heterocycles. The first-order valence-electron chi connectivity index (χ1n) is 8.60. The lowest BCUT2D eigenvalue weighted by atomic mass is 10.1. The number of anilines is 1.